The molecule has 7 rings (SSSR count). The molecule has 6 aromatic rings. The molecule has 1 aliphatic rings. The summed E-state index contributed by atoms with van der Waals surface area (Å²) < 4.78 is 7.49. The molecule has 1 amide bonds. The van der Waals surface area contributed by atoms with Gasteiger partial charge in [0.2, 0.25) is 10.9 Å². The van der Waals surface area contributed by atoms with Gasteiger partial charge in [0, 0.05) is 14.7 Å². The van der Waals surface area contributed by atoms with Crippen LogP contribution in [0.4, 0.5) is 5.13 Å². The van der Waals surface area contributed by atoms with Crippen LogP contribution in [0, 0.1) is 3.57 Å². The highest BCUT2D eigenvalue weighted by Gasteiger charge is 2.46. The Labute approximate surface area is 262 Å². The maximum Gasteiger partial charge on any atom is 0.296 e. The predicted molar refractivity (Wildman–Crippen MR) is 173 cm³/mol. The molecule has 0 fully saturated rings. The number of aromatic nitrogens is 2. The van der Waals surface area contributed by atoms with Crippen molar-refractivity contribution in [3.8, 4) is 0 Å². The standard InChI is InChI=1S/C32H20IN3O4S2/c33-22-14-12-19(13-15-22)27-26(28(37)25-16-20-7-2-4-11-24(20)40-25)29(38)30(39)36(27)31-34-35-32(42-31)41-17-21-9-5-8-18-6-1-3-10-23(18)21/h1-16,27,38H,17H2. The summed E-state index contributed by atoms with van der Waals surface area (Å²) in [7, 11) is 0. The van der Waals surface area contributed by atoms with Crippen LogP contribution >= 0.6 is 45.7 Å². The Bertz CT molecular complexity index is 1990. The number of anilines is 1. The largest absolute Gasteiger partial charge is 0.503 e. The van der Waals surface area contributed by atoms with Crippen LogP contribution in [0.15, 0.2) is 117 Å². The molecule has 1 aliphatic heterocycles. The van der Waals surface area contributed by atoms with Crippen LogP contribution in [0.3, 0.4) is 0 Å². The Morgan fingerprint density at radius 2 is 1.69 bits per heavy atom. The van der Waals surface area contributed by atoms with Crippen LogP contribution in [0.2, 0.25) is 0 Å². The number of aliphatic hydroxyl groups excluding tert-OH is 1. The molecule has 3 heterocycles. The lowest BCUT2D eigenvalue weighted by Gasteiger charge is -2.23. The highest BCUT2D eigenvalue weighted by Crippen LogP contribution is 2.44. The number of carbonyl (C=O) groups is 2. The summed E-state index contributed by atoms with van der Waals surface area (Å²) >= 11 is 4.97. The number of benzene rings is 4. The van der Waals surface area contributed by atoms with Crippen molar-refractivity contribution in [2.45, 2.75) is 16.1 Å². The molecule has 10 heteroatoms. The summed E-state index contributed by atoms with van der Waals surface area (Å²) in [5.41, 5.74) is 2.32. The lowest BCUT2D eigenvalue weighted by molar-refractivity contribution is -0.117. The monoisotopic (exact) mass is 701 g/mol. The molecule has 0 saturated carbocycles. The normalized spacial score (nSPS) is 15.3. The van der Waals surface area contributed by atoms with E-state index in [1.165, 1.54) is 44.3 Å². The van der Waals surface area contributed by atoms with E-state index in [2.05, 4.69) is 57.1 Å². The van der Waals surface area contributed by atoms with Crippen LogP contribution < -0.4 is 4.90 Å². The average Bonchev–Trinajstić information content (AvgIpc) is 3.73. The number of rotatable bonds is 7. The molecule has 0 saturated heterocycles. The molecule has 1 atom stereocenters. The van der Waals surface area contributed by atoms with Gasteiger partial charge in [-0.1, -0.05) is 95.9 Å². The second kappa shape index (κ2) is 11.0. The Morgan fingerprint density at radius 3 is 2.50 bits per heavy atom. The Balaban J connectivity index is 1.23. The van der Waals surface area contributed by atoms with E-state index in [0.717, 1.165) is 8.96 Å². The number of hydrogen-bond acceptors (Lipinski definition) is 8. The second-order valence-corrected chi connectivity index (χ2v) is 13.1. The van der Waals surface area contributed by atoms with Gasteiger partial charge in [0.25, 0.3) is 5.91 Å². The molecule has 0 aliphatic carbocycles. The topological polar surface area (TPSA) is 96.5 Å². The van der Waals surface area contributed by atoms with Crippen molar-refractivity contribution in [1.29, 1.82) is 0 Å². The average molecular weight is 702 g/mol. The first kappa shape index (κ1) is 26.9. The van der Waals surface area contributed by atoms with Crippen LogP contribution in [0.5, 0.6) is 0 Å². The van der Waals surface area contributed by atoms with Gasteiger partial charge in [-0.15, -0.1) is 10.2 Å². The lowest BCUT2D eigenvalue weighted by atomic mass is 9.95. The minimum Gasteiger partial charge on any atom is -0.503 e. The van der Waals surface area contributed by atoms with E-state index in [1.54, 1.807) is 12.1 Å². The first-order chi connectivity index (χ1) is 20.5. The van der Waals surface area contributed by atoms with Crippen molar-refractivity contribution in [2.75, 3.05) is 4.90 Å². The van der Waals surface area contributed by atoms with E-state index < -0.39 is 23.5 Å². The van der Waals surface area contributed by atoms with Gasteiger partial charge in [0.15, 0.2) is 15.9 Å². The zero-order chi connectivity index (χ0) is 28.8. The molecule has 1 N–H and O–H groups in total. The molecule has 2 aromatic heterocycles. The Morgan fingerprint density at radius 1 is 0.952 bits per heavy atom. The van der Waals surface area contributed by atoms with E-state index in [4.69, 9.17) is 4.42 Å². The number of hydrogen-bond donors (Lipinski definition) is 1. The van der Waals surface area contributed by atoms with Crippen molar-refractivity contribution in [2.24, 2.45) is 0 Å². The van der Waals surface area contributed by atoms with E-state index in [9.17, 15) is 14.7 Å². The zero-order valence-electron chi connectivity index (χ0n) is 21.7. The maximum absolute atomic E-state index is 13.8. The second-order valence-electron chi connectivity index (χ2n) is 9.65. The predicted octanol–water partition coefficient (Wildman–Crippen LogP) is 8.12. The van der Waals surface area contributed by atoms with Gasteiger partial charge >= 0.3 is 0 Å². The SMILES string of the molecule is O=C(C1=C(O)C(=O)N(c2nnc(SCc3cccc4ccccc34)s2)C1c1ccc(I)cc1)c1cc2ccccc2o1. The molecule has 206 valence electrons. The molecular weight excluding hydrogens is 681 g/mol. The Kier molecular flexibility index (Phi) is 7.04. The molecule has 4 aromatic carbocycles. The summed E-state index contributed by atoms with van der Waals surface area (Å²) in [6.45, 7) is 0. The number of amides is 1. The van der Waals surface area contributed by atoms with E-state index in [0.29, 0.717) is 26.4 Å². The number of carbonyl (C=O) groups excluding carboxylic acids is 2. The summed E-state index contributed by atoms with van der Waals surface area (Å²) in [6, 6.07) is 29.9. The van der Waals surface area contributed by atoms with Crippen LogP contribution in [-0.4, -0.2) is 27.0 Å². The van der Waals surface area contributed by atoms with Gasteiger partial charge in [-0.25, -0.2) is 0 Å². The molecule has 0 radical (unpaired) electrons. The van der Waals surface area contributed by atoms with Crippen molar-refractivity contribution >= 4 is 84.3 Å². The number of fused-ring (bicyclic) bond motifs is 2. The molecular formula is C32H20IN3O4S2. The van der Waals surface area contributed by atoms with Gasteiger partial charge < -0.3 is 9.52 Å². The first-order valence-electron chi connectivity index (χ1n) is 13.0. The number of aliphatic hydroxyl groups is 1. The highest BCUT2D eigenvalue weighted by molar-refractivity contribution is 14.1. The first-order valence-corrected chi connectivity index (χ1v) is 15.8. The Hall–Kier alpha value is -4.00. The van der Waals surface area contributed by atoms with E-state index in [1.807, 2.05) is 60.7 Å². The van der Waals surface area contributed by atoms with Gasteiger partial charge in [-0.3, -0.25) is 14.5 Å². The van der Waals surface area contributed by atoms with Crippen LogP contribution in [-0.2, 0) is 10.5 Å². The number of thioether (sulfide) groups is 1. The fraction of sp³-hybridized carbons (Fsp3) is 0.0625. The molecule has 1 unspecified atom stereocenters. The third-order valence-corrected chi connectivity index (χ3v) is 9.94. The van der Waals surface area contributed by atoms with Crippen molar-refractivity contribution < 1.29 is 19.1 Å². The fourth-order valence-electron chi connectivity index (χ4n) is 5.14. The van der Waals surface area contributed by atoms with Crippen molar-refractivity contribution in [1.82, 2.24) is 10.2 Å². The van der Waals surface area contributed by atoms with Crippen LogP contribution in [0.25, 0.3) is 21.7 Å². The van der Waals surface area contributed by atoms with Gasteiger partial charge in [0.05, 0.1) is 11.6 Å². The molecule has 42 heavy (non-hydrogen) atoms. The smallest absolute Gasteiger partial charge is 0.296 e. The third kappa shape index (κ3) is 4.79. The van der Waals surface area contributed by atoms with Gasteiger partial charge in [0.1, 0.15) is 5.58 Å². The lowest BCUT2D eigenvalue weighted by Crippen LogP contribution is -2.31. The summed E-state index contributed by atoms with van der Waals surface area (Å²) in [4.78, 5) is 28.8. The maximum atomic E-state index is 13.8. The zero-order valence-corrected chi connectivity index (χ0v) is 25.5. The summed E-state index contributed by atoms with van der Waals surface area (Å²) in [6.07, 6.45) is 0. The number of ketones is 1. The molecule has 7 nitrogen and oxygen atoms in total. The molecule has 0 spiro atoms. The quantitative estimate of drug-likeness (QED) is 0.0778. The van der Waals surface area contributed by atoms with Crippen molar-refractivity contribution in [3.05, 3.63) is 129 Å². The number of para-hydroxylation sites is 1. The number of Topliss-reactive ketones (excluding diaryl/α,β-unsaturated/α-hetero) is 1. The minimum absolute atomic E-state index is 0.0477. The fourth-order valence-corrected chi connectivity index (χ4v) is 7.37. The number of furan rings is 1. The molecule has 0 bridgehead atoms. The summed E-state index contributed by atoms with van der Waals surface area (Å²) in [5, 5.41) is 23.2. The van der Waals surface area contributed by atoms with E-state index in [-0.39, 0.29) is 11.3 Å². The van der Waals surface area contributed by atoms with Crippen molar-refractivity contribution in [3.63, 3.8) is 0 Å². The van der Waals surface area contributed by atoms with Gasteiger partial charge in [-0.2, -0.15) is 0 Å². The summed E-state index contributed by atoms with van der Waals surface area (Å²) in [5.74, 6) is -1.17. The number of halogens is 1. The van der Waals surface area contributed by atoms with Gasteiger partial charge in [-0.05, 0) is 68.8 Å². The van der Waals surface area contributed by atoms with Crippen LogP contribution in [0.1, 0.15) is 27.7 Å². The minimum atomic E-state index is -0.904. The third-order valence-electron chi connectivity index (χ3n) is 7.12. The highest BCUT2D eigenvalue weighted by atomic mass is 127. The van der Waals surface area contributed by atoms with E-state index >= 15 is 0 Å². The number of nitrogens with zero attached hydrogens (tertiary/aromatic N) is 3.